The minimum atomic E-state index is -4.96. The van der Waals surface area contributed by atoms with E-state index >= 15 is 0 Å². The topological polar surface area (TPSA) is 237 Å². The van der Waals surface area contributed by atoms with Crippen LogP contribution in [0.3, 0.4) is 0 Å². The molecule has 94 heavy (non-hydrogen) atoms. The molecule has 0 aromatic heterocycles. The molecule has 0 aliphatic carbocycles. The van der Waals surface area contributed by atoms with Crippen LogP contribution in [0, 0.1) is 17.8 Å². The number of rotatable bonds is 73. The van der Waals surface area contributed by atoms with Gasteiger partial charge in [-0.3, -0.25) is 37.3 Å². The average molecular weight is 1380 g/mol. The fourth-order valence-electron chi connectivity index (χ4n) is 11.4. The number of hydrogen-bond donors (Lipinski definition) is 3. The molecule has 3 N–H and O–H groups in total. The summed E-state index contributed by atoms with van der Waals surface area (Å²) in [7, 11) is -9.91. The molecule has 0 aliphatic rings. The maximum absolute atomic E-state index is 13.1. The molecule has 5 atom stereocenters. The molecule has 0 amide bonds. The molecular formula is C75H146O17P2. The first-order chi connectivity index (χ1) is 45.2. The highest BCUT2D eigenvalue weighted by atomic mass is 31.2. The lowest BCUT2D eigenvalue weighted by atomic mass is 10.0. The molecule has 0 fully saturated rings. The number of aliphatic hydroxyl groups is 1. The van der Waals surface area contributed by atoms with Gasteiger partial charge in [0.2, 0.25) is 0 Å². The van der Waals surface area contributed by atoms with E-state index in [9.17, 15) is 43.2 Å². The number of hydrogen-bond acceptors (Lipinski definition) is 15. The Labute approximate surface area is 575 Å². The van der Waals surface area contributed by atoms with Crippen LogP contribution >= 0.6 is 15.6 Å². The van der Waals surface area contributed by atoms with Crippen molar-refractivity contribution in [2.75, 3.05) is 39.6 Å². The molecule has 0 heterocycles. The summed E-state index contributed by atoms with van der Waals surface area (Å²) in [5.74, 6) is 0.118. The van der Waals surface area contributed by atoms with Crippen LogP contribution in [0.4, 0.5) is 0 Å². The minimum absolute atomic E-state index is 0.105. The number of aliphatic hydroxyl groups excluding tert-OH is 1. The molecule has 2 unspecified atom stereocenters. The summed E-state index contributed by atoms with van der Waals surface area (Å²) in [5, 5.41) is 10.6. The van der Waals surface area contributed by atoms with Gasteiger partial charge in [0.1, 0.15) is 19.3 Å². The Hall–Kier alpha value is -1.94. The first kappa shape index (κ1) is 92.1. The SMILES string of the molecule is CCCCCCCCCCCCCCCCCCCC(=O)O[C@H](COC(=O)CCCCCCCCCCCCC(C)C)COP(=O)(O)OC[C@@H](O)COP(=O)(O)OC[C@@H](COC(=O)CCCCCCCCCCC(C)C)OC(=O)CCCCCCCCCCCCC(C)C. The van der Waals surface area contributed by atoms with Gasteiger partial charge >= 0.3 is 39.5 Å². The first-order valence-corrected chi connectivity index (χ1v) is 41.8. The van der Waals surface area contributed by atoms with Gasteiger partial charge < -0.3 is 33.8 Å². The number of carbonyl (C=O) groups excluding carboxylic acids is 4. The van der Waals surface area contributed by atoms with Gasteiger partial charge in [0.15, 0.2) is 12.2 Å². The van der Waals surface area contributed by atoms with E-state index in [1.165, 1.54) is 193 Å². The van der Waals surface area contributed by atoms with Crippen LogP contribution in [0.25, 0.3) is 0 Å². The van der Waals surface area contributed by atoms with Crippen molar-refractivity contribution in [1.29, 1.82) is 0 Å². The molecule has 0 radical (unpaired) electrons. The molecule has 0 spiro atoms. The summed E-state index contributed by atoms with van der Waals surface area (Å²) in [5.41, 5.74) is 0. The third-order valence-electron chi connectivity index (χ3n) is 17.4. The van der Waals surface area contributed by atoms with E-state index in [-0.39, 0.29) is 25.7 Å². The molecule has 19 heteroatoms. The predicted octanol–water partition coefficient (Wildman–Crippen LogP) is 21.8. The summed E-state index contributed by atoms with van der Waals surface area (Å²) in [6.45, 7) is 11.8. The van der Waals surface area contributed by atoms with Crippen molar-refractivity contribution in [1.82, 2.24) is 0 Å². The normalized spacial score (nSPS) is 14.1. The van der Waals surface area contributed by atoms with Crippen LogP contribution in [0.15, 0.2) is 0 Å². The van der Waals surface area contributed by atoms with Crippen LogP contribution < -0.4 is 0 Å². The number of unbranched alkanes of at least 4 members (excludes halogenated alkanes) is 41. The van der Waals surface area contributed by atoms with Gasteiger partial charge in [0.05, 0.1) is 26.4 Å². The smallest absolute Gasteiger partial charge is 0.462 e. The molecule has 0 rings (SSSR count). The lowest BCUT2D eigenvalue weighted by molar-refractivity contribution is -0.161. The van der Waals surface area contributed by atoms with Crippen molar-refractivity contribution < 1.29 is 80.2 Å². The molecule has 0 aromatic rings. The first-order valence-electron chi connectivity index (χ1n) is 38.8. The minimum Gasteiger partial charge on any atom is -0.462 e. The predicted molar refractivity (Wildman–Crippen MR) is 381 cm³/mol. The highest BCUT2D eigenvalue weighted by Crippen LogP contribution is 2.45. The Morgan fingerprint density at radius 1 is 0.287 bits per heavy atom. The Morgan fingerprint density at radius 2 is 0.489 bits per heavy atom. The lowest BCUT2D eigenvalue weighted by Crippen LogP contribution is -2.30. The van der Waals surface area contributed by atoms with Gasteiger partial charge in [-0.25, -0.2) is 9.13 Å². The Balaban J connectivity index is 5.26. The van der Waals surface area contributed by atoms with Gasteiger partial charge in [-0.05, 0) is 43.4 Å². The average Bonchev–Trinajstić information content (AvgIpc) is 1.19. The largest absolute Gasteiger partial charge is 0.472 e. The van der Waals surface area contributed by atoms with Gasteiger partial charge in [-0.1, -0.05) is 331 Å². The third-order valence-corrected chi connectivity index (χ3v) is 19.3. The summed E-state index contributed by atoms with van der Waals surface area (Å²) in [4.78, 5) is 72.8. The summed E-state index contributed by atoms with van der Waals surface area (Å²) >= 11 is 0. The number of phosphoric ester groups is 2. The molecule has 0 bridgehead atoms. The van der Waals surface area contributed by atoms with Crippen molar-refractivity contribution in [2.45, 2.75) is 401 Å². The molecule has 0 saturated carbocycles. The number of esters is 4. The summed E-state index contributed by atoms with van der Waals surface area (Å²) < 4.78 is 68.5. The number of ether oxygens (including phenoxy) is 4. The molecule has 17 nitrogen and oxygen atoms in total. The van der Waals surface area contributed by atoms with Gasteiger partial charge in [-0.2, -0.15) is 0 Å². The van der Waals surface area contributed by atoms with Crippen molar-refractivity contribution in [3.63, 3.8) is 0 Å². The highest BCUT2D eigenvalue weighted by molar-refractivity contribution is 7.47. The van der Waals surface area contributed by atoms with Crippen molar-refractivity contribution in [3.8, 4) is 0 Å². The van der Waals surface area contributed by atoms with E-state index < -0.39 is 97.5 Å². The molecule has 0 aromatic carbocycles. The van der Waals surface area contributed by atoms with Crippen LogP contribution in [0.5, 0.6) is 0 Å². The van der Waals surface area contributed by atoms with E-state index in [0.717, 1.165) is 108 Å². The van der Waals surface area contributed by atoms with E-state index in [1.807, 2.05) is 0 Å². The summed E-state index contributed by atoms with van der Waals surface area (Å²) in [6.07, 6.45) is 51.3. The van der Waals surface area contributed by atoms with Crippen LogP contribution in [0.1, 0.15) is 382 Å². The van der Waals surface area contributed by atoms with E-state index in [4.69, 9.17) is 37.0 Å². The fraction of sp³-hybridized carbons (Fsp3) is 0.947. The molecule has 0 aliphatic heterocycles. The molecule has 0 saturated heterocycles. The molecular weight excluding hydrogens is 1230 g/mol. The van der Waals surface area contributed by atoms with E-state index in [2.05, 4.69) is 48.5 Å². The van der Waals surface area contributed by atoms with Gasteiger partial charge in [-0.15, -0.1) is 0 Å². The maximum atomic E-state index is 13.1. The second-order valence-corrected chi connectivity index (χ2v) is 31.4. The monoisotopic (exact) mass is 1380 g/mol. The van der Waals surface area contributed by atoms with Gasteiger partial charge in [0, 0.05) is 25.7 Å². The second kappa shape index (κ2) is 65.7. The Bertz CT molecular complexity index is 1840. The van der Waals surface area contributed by atoms with E-state index in [0.29, 0.717) is 25.7 Å². The van der Waals surface area contributed by atoms with Crippen molar-refractivity contribution in [3.05, 3.63) is 0 Å². The fourth-order valence-corrected chi connectivity index (χ4v) is 13.0. The van der Waals surface area contributed by atoms with E-state index in [1.54, 1.807) is 0 Å². The Morgan fingerprint density at radius 3 is 0.723 bits per heavy atom. The Kier molecular flexibility index (Phi) is 64.3. The number of phosphoric acid groups is 2. The standard InChI is InChI=1S/C75H146O17P2/c1-8-9-10-11-12-13-14-15-16-17-18-19-20-28-37-44-51-58-74(79)91-70(62-85-72(77)56-49-42-35-27-23-21-25-32-39-46-53-66(2)3)64-89-93(81,82)87-60-69(76)61-88-94(83,84)90-65-71(63-86-73(78)57-50-43-36-31-30-34-41-48-55-68(6)7)92-75(80)59-52-45-38-29-24-22-26-33-40-47-54-67(4)5/h66-71,76H,8-65H2,1-7H3,(H,81,82)(H,83,84)/t69-,70-,71-/m1/s1. The van der Waals surface area contributed by atoms with Gasteiger partial charge in [0.25, 0.3) is 0 Å². The number of carbonyl (C=O) groups is 4. The quantitative estimate of drug-likeness (QED) is 0.0222. The van der Waals surface area contributed by atoms with Crippen molar-refractivity contribution in [2.24, 2.45) is 17.8 Å². The zero-order valence-corrected chi connectivity index (χ0v) is 63.2. The maximum Gasteiger partial charge on any atom is 0.472 e. The molecule has 558 valence electrons. The third kappa shape index (κ3) is 68.6. The summed E-state index contributed by atoms with van der Waals surface area (Å²) in [6, 6.07) is 0. The van der Waals surface area contributed by atoms with Crippen LogP contribution in [-0.2, 0) is 65.4 Å². The van der Waals surface area contributed by atoms with Crippen LogP contribution in [-0.4, -0.2) is 96.7 Å². The van der Waals surface area contributed by atoms with Crippen LogP contribution in [0.2, 0.25) is 0 Å². The second-order valence-electron chi connectivity index (χ2n) is 28.5. The lowest BCUT2D eigenvalue weighted by Gasteiger charge is -2.21. The zero-order chi connectivity index (χ0) is 69.4. The highest BCUT2D eigenvalue weighted by Gasteiger charge is 2.30. The zero-order valence-electron chi connectivity index (χ0n) is 61.4. The van der Waals surface area contributed by atoms with Crippen molar-refractivity contribution >= 4 is 39.5 Å².